The van der Waals surface area contributed by atoms with Crippen molar-refractivity contribution in [3.05, 3.63) is 45.4 Å². The van der Waals surface area contributed by atoms with Crippen LogP contribution in [0.25, 0.3) is 0 Å². The molecule has 2 rings (SSSR count). The van der Waals surface area contributed by atoms with Gasteiger partial charge in [0.05, 0.1) is 22.7 Å². The van der Waals surface area contributed by atoms with Crippen LogP contribution in [0.2, 0.25) is 0 Å². The summed E-state index contributed by atoms with van der Waals surface area (Å²) in [6.45, 7) is 3.95. The average molecular weight is 307 g/mol. The summed E-state index contributed by atoms with van der Waals surface area (Å²) in [5, 5.41) is 9.66. The topological polar surface area (TPSA) is 82.8 Å². The van der Waals surface area contributed by atoms with Gasteiger partial charge in [0, 0.05) is 4.88 Å². The van der Waals surface area contributed by atoms with E-state index < -0.39 is 10.0 Å². The fraction of sp³-hybridized carbons (Fsp3) is 0.231. The molecule has 104 valence electrons. The number of nitrogens with zero attached hydrogens (tertiary/aromatic N) is 2. The number of hydrogen-bond acceptors (Lipinski definition) is 5. The second-order valence-electron chi connectivity index (χ2n) is 4.18. The molecule has 20 heavy (non-hydrogen) atoms. The van der Waals surface area contributed by atoms with E-state index in [4.69, 9.17) is 5.26 Å². The number of thiazole rings is 1. The van der Waals surface area contributed by atoms with E-state index >= 15 is 0 Å². The van der Waals surface area contributed by atoms with Crippen molar-refractivity contribution in [3.63, 3.8) is 0 Å². The summed E-state index contributed by atoms with van der Waals surface area (Å²) in [6.07, 6.45) is 0. The molecule has 0 spiro atoms. The number of rotatable bonds is 4. The highest BCUT2D eigenvalue weighted by atomic mass is 32.2. The van der Waals surface area contributed by atoms with Gasteiger partial charge in [-0.3, -0.25) is 0 Å². The standard InChI is InChI=1S/C13H13N3O2S2/c1-9-10(2)19-13(16-9)8-15-20(17,18)12-6-4-3-5-11(12)7-14/h3-6,15H,8H2,1-2H3. The minimum absolute atomic E-state index is 0.00694. The van der Waals surface area contributed by atoms with E-state index in [9.17, 15) is 8.42 Å². The van der Waals surface area contributed by atoms with Gasteiger partial charge in [-0.1, -0.05) is 12.1 Å². The lowest BCUT2D eigenvalue weighted by Crippen LogP contribution is -2.24. The second-order valence-corrected chi connectivity index (χ2v) is 7.20. The number of nitrogens with one attached hydrogen (secondary N) is 1. The molecular weight excluding hydrogens is 294 g/mol. The zero-order valence-corrected chi connectivity index (χ0v) is 12.7. The van der Waals surface area contributed by atoms with Gasteiger partial charge in [-0.2, -0.15) is 5.26 Å². The minimum atomic E-state index is -3.71. The van der Waals surface area contributed by atoms with Crippen molar-refractivity contribution in [1.29, 1.82) is 5.26 Å². The van der Waals surface area contributed by atoms with Crippen molar-refractivity contribution in [3.8, 4) is 6.07 Å². The highest BCUT2D eigenvalue weighted by Crippen LogP contribution is 2.18. The third-order valence-corrected chi connectivity index (χ3v) is 5.32. The lowest BCUT2D eigenvalue weighted by atomic mass is 10.2. The molecule has 5 nitrogen and oxygen atoms in total. The lowest BCUT2D eigenvalue weighted by molar-refractivity contribution is 0.581. The van der Waals surface area contributed by atoms with Crippen LogP contribution in [0.5, 0.6) is 0 Å². The first-order chi connectivity index (χ1) is 9.44. The summed E-state index contributed by atoms with van der Waals surface area (Å²) in [5.41, 5.74) is 1.04. The predicted molar refractivity (Wildman–Crippen MR) is 76.8 cm³/mol. The van der Waals surface area contributed by atoms with Crippen molar-refractivity contribution < 1.29 is 8.42 Å². The van der Waals surface area contributed by atoms with Crippen LogP contribution >= 0.6 is 11.3 Å². The lowest BCUT2D eigenvalue weighted by Gasteiger charge is -2.06. The maximum atomic E-state index is 12.2. The molecule has 0 saturated carbocycles. The summed E-state index contributed by atoms with van der Waals surface area (Å²) in [5.74, 6) is 0. The van der Waals surface area contributed by atoms with E-state index in [1.54, 1.807) is 12.1 Å². The zero-order valence-electron chi connectivity index (χ0n) is 11.0. The number of aromatic nitrogens is 1. The van der Waals surface area contributed by atoms with Gasteiger partial charge in [-0.25, -0.2) is 18.1 Å². The number of benzene rings is 1. The summed E-state index contributed by atoms with van der Waals surface area (Å²) >= 11 is 1.46. The van der Waals surface area contributed by atoms with Crippen LogP contribution in [0.1, 0.15) is 21.1 Å². The number of hydrogen-bond donors (Lipinski definition) is 1. The molecule has 0 fully saturated rings. The molecule has 1 aromatic carbocycles. The first kappa shape index (κ1) is 14.7. The molecule has 7 heteroatoms. The Morgan fingerprint density at radius 2 is 2.05 bits per heavy atom. The molecular formula is C13H13N3O2S2. The summed E-state index contributed by atoms with van der Waals surface area (Å²) in [7, 11) is -3.71. The van der Waals surface area contributed by atoms with Crippen LogP contribution in [0.15, 0.2) is 29.2 Å². The molecule has 1 heterocycles. The Balaban J connectivity index is 2.22. The van der Waals surface area contributed by atoms with Crippen molar-refractivity contribution in [2.45, 2.75) is 25.3 Å². The third kappa shape index (κ3) is 3.04. The Hall–Kier alpha value is -1.75. The van der Waals surface area contributed by atoms with Crippen molar-refractivity contribution in [1.82, 2.24) is 9.71 Å². The Kier molecular flexibility index (Phi) is 4.18. The minimum Gasteiger partial charge on any atom is -0.245 e. The highest BCUT2D eigenvalue weighted by molar-refractivity contribution is 7.89. The fourth-order valence-electron chi connectivity index (χ4n) is 1.64. The smallest absolute Gasteiger partial charge is 0.242 e. The maximum Gasteiger partial charge on any atom is 0.242 e. The maximum absolute atomic E-state index is 12.2. The summed E-state index contributed by atoms with van der Waals surface area (Å²) in [6, 6.07) is 8.00. The Labute approximate surface area is 122 Å². The highest BCUT2D eigenvalue weighted by Gasteiger charge is 2.18. The molecule has 0 bridgehead atoms. The van der Waals surface area contributed by atoms with E-state index in [0.717, 1.165) is 10.6 Å². The predicted octanol–water partition coefficient (Wildman–Crippen LogP) is 2.11. The van der Waals surface area contributed by atoms with Crippen LogP contribution in [0.3, 0.4) is 0 Å². The van der Waals surface area contributed by atoms with E-state index in [1.165, 1.54) is 23.5 Å². The molecule has 0 radical (unpaired) electrons. The van der Waals surface area contributed by atoms with Crippen LogP contribution in [0, 0.1) is 25.2 Å². The average Bonchev–Trinajstić information content (AvgIpc) is 2.76. The number of sulfonamides is 1. The van der Waals surface area contributed by atoms with E-state index in [1.807, 2.05) is 19.9 Å². The van der Waals surface area contributed by atoms with Gasteiger partial charge in [0.25, 0.3) is 0 Å². The van der Waals surface area contributed by atoms with Gasteiger partial charge < -0.3 is 0 Å². The first-order valence-electron chi connectivity index (χ1n) is 5.86. The Morgan fingerprint density at radius 1 is 1.35 bits per heavy atom. The zero-order chi connectivity index (χ0) is 14.8. The third-order valence-electron chi connectivity index (χ3n) is 2.78. The molecule has 0 unspecified atom stereocenters. The largest absolute Gasteiger partial charge is 0.245 e. The Morgan fingerprint density at radius 3 is 2.65 bits per heavy atom. The van der Waals surface area contributed by atoms with Gasteiger partial charge in [-0.15, -0.1) is 11.3 Å². The molecule has 0 atom stereocenters. The van der Waals surface area contributed by atoms with Crippen molar-refractivity contribution >= 4 is 21.4 Å². The van der Waals surface area contributed by atoms with Gasteiger partial charge in [-0.05, 0) is 26.0 Å². The molecule has 0 amide bonds. The van der Waals surface area contributed by atoms with Gasteiger partial charge in [0.2, 0.25) is 10.0 Å². The molecule has 0 saturated heterocycles. The molecule has 2 aromatic rings. The normalized spacial score (nSPS) is 11.2. The molecule has 1 aromatic heterocycles. The van der Waals surface area contributed by atoms with Crippen LogP contribution < -0.4 is 4.72 Å². The van der Waals surface area contributed by atoms with Crippen molar-refractivity contribution in [2.24, 2.45) is 0 Å². The summed E-state index contributed by atoms with van der Waals surface area (Å²) in [4.78, 5) is 5.34. The van der Waals surface area contributed by atoms with Crippen LogP contribution in [0.4, 0.5) is 0 Å². The van der Waals surface area contributed by atoms with Crippen LogP contribution in [-0.4, -0.2) is 13.4 Å². The SMILES string of the molecule is Cc1nc(CNS(=O)(=O)c2ccccc2C#N)sc1C. The van der Waals surface area contributed by atoms with Gasteiger partial charge in [0.15, 0.2) is 0 Å². The van der Waals surface area contributed by atoms with Gasteiger partial charge >= 0.3 is 0 Å². The first-order valence-corrected chi connectivity index (χ1v) is 8.15. The fourth-order valence-corrected chi connectivity index (χ4v) is 3.75. The van der Waals surface area contributed by atoms with Crippen molar-refractivity contribution in [2.75, 3.05) is 0 Å². The Bertz CT molecular complexity index is 754. The quantitative estimate of drug-likeness (QED) is 0.937. The van der Waals surface area contributed by atoms with E-state index in [-0.39, 0.29) is 17.0 Å². The number of aryl methyl sites for hydroxylation is 2. The molecule has 0 aliphatic heterocycles. The molecule has 0 aliphatic carbocycles. The molecule has 0 aliphatic rings. The van der Waals surface area contributed by atoms with Gasteiger partial charge in [0.1, 0.15) is 11.1 Å². The monoisotopic (exact) mass is 307 g/mol. The van der Waals surface area contributed by atoms with E-state index in [0.29, 0.717) is 5.01 Å². The molecule has 1 N–H and O–H groups in total. The van der Waals surface area contributed by atoms with E-state index in [2.05, 4.69) is 9.71 Å². The second kappa shape index (κ2) is 5.71. The summed E-state index contributed by atoms with van der Waals surface area (Å²) < 4.78 is 26.9. The van der Waals surface area contributed by atoms with Crippen LogP contribution in [-0.2, 0) is 16.6 Å². The number of nitriles is 1.